The molecule has 0 bridgehead atoms. The van der Waals surface area contributed by atoms with E-state index in [4.69, 9.17) is 0 Å². The number of hydrogen-bond donors (Lipinski definition) is 0. The number of hydrogen-bond acceptors (Lipinski definition) is 3. The van der Waals surface area contributed by atoms with Gasteiger partial charge in [-0.15, -0.1) is 0 Å². The first kappa shape index (κ1) is 13.0. The average Bonchev–Trinajstić information content (AvgIpc) is 3.02. The predicted molar refractivity (Wildman–Crippen MR) is 93.6 cm³/mol. The van der Waals surface area contributed by atoms with Crippen LogP contribution in [0.25, 0.3) is 33.4 Å². The van der Waals surface area contributed by atoms with Gasteiger partial charge in [0.2, 0.25) is 5.78 Å². The number of fused-ring (bicyclic) bond motifs is 5. The Bertz CT molecular complexity index is 1270. The molecule has 114 valence electrons. The van der Waals surface area contributed by atoms with Gasteiger partial charge in [-0.25, -0.2) is 9.97 Å². The molecule has 0 amide bonds. The minimum Gasteiger partial charge on any atom is -0.284 e. The van der Waals surface area contributed by atoms with Crippen molar-refractivity contribution in [3.05, 3.63) is 83.4 Å². The summed E-state index contributed by atoms with van der Waals surface area (Å²) >= 11 is 0. The standard InChI is InChI=1S/C19H12N4O/c24-18-14-12-20-19-21-15-8-4-5-9-17(15)23(19)16(14)10-11-22(18)13-6-2-1-3-7-13/h1-12H. The Morgan fingerprint density at radius 2 is 1.62 bits per heavy atom. The molecule has 0 N–H and O–H groups in total. The minimum atomic E-state index is -0.0918. The van der Waals surface area contributed by atoms with Gasteiger partial charge in [-0.05, 0) is 30.3 Å². The zero-order valence-corrected chi connectivity index (χ0v) is 12.6. The Balaban J connectivity index is 1.92. The van der Waals surface area contributed by atoms with E-state index >= 15 is 0 Å². The van der Waals surface area contributed by atoms with Crippen LogP contribution in [-0.2, 0) is 0 Å². The molecule has 0 radical (unpaired) electrons. The van der Waals surface area contributed by atoms with Gasteiger partial charge in [-0.2, -0.15) is 0 Å². The van der Waals surface area contributed by atoms with Crippen molar-refractivity contribution in [1.82, 2.24) is 18.9 Å². The summed E-state index contributed by atoms with van der Waals surface area (Å²) in [4.78, 5) is 21.8. The van der Waals surface area contributed by atoms with Crippen LogP contribution in [0.1, 0.15) is 0 Å². The maximum Gasteiger partial charge on any atom is 0.266 e. The molecule has 2 aromatic carbocycles. The molecule has 0 atom stereocenters. The highest BCUT2D eigenvalue weighted by molar-refractivity contribution is 5.88. The van der Waals surface area contributed by atoms with Crippen LogP contribution >= 0.6 is 0 Å². The van der Waals surface area contributed by atoms with E-state index in [9.17, 15) is 4.79 Å². The van der Waals surface area contributed by atoms with Gasteiger partial charge in [0.1, 0.15) is 0 Å². The van der Waals surface area contributed by atoms with Crippen molar-refractivity contribution in [3.63, 3.8) is 0 Å². The fraction of sp³-hybridized carbons (Fsp3) is 0. The van der Waals surface area contributed by atoms with Crippen LogP contribution in [0.5, 0.6) is 0 Å². The molecular formula is C19H12N4O. The van der Waals surface area contributed by atoms with Gasteiger partial charge in [0.05, 0.1) is 21.9 Å². The molecule has 0 saturated heterocycles. The first-order valence-electron chi connectivity index (χ1n) is 7.66. The number of rotatable bonds is 1. The molecule has 5 aromatic rings. The molecule has 3 aromatic heterocycles. The molecule has 0 aliphatic heterocycles. The first-order chi connectivity index (χ1) is 11.8. The molecule has 0 spiro atoms. The maximum atomic E-state index is 12.9. The van der Waals surface area contributed by atoms with E-state index in [-0.39, 0.29) is 5.56 Å². The van der Waals surface area contributed by atoms with Crippen molar-refractivity contribution < 1.29 is 0 Å². The van der Waals surface area contributed by atoms with Crippen LogP contribution in [0.3, 0.4) is 0 Å². The van der Waals surface area contributed by atoms with Gasteiger partial charge in [-0.3, -0.25) is 13.8 Å². The number of imidazole rings is 1. The first-order valence-corrected chi connectivity index (χ1v) is 7.66. The second kappa shape index (κ2) is 4.76. The number of aromatic nitrogens is 4. The zero-order valence-electron chi connectivity index (χ0n) is 12.6. The van der Waals surface area contributed by atoms with Crippen molar-refractivity contribution in [3.8, 4) is 5.69 Å². The van der Waals surface area contributed by atoms with E-state index in [2.05, 4.69) is 9.97 Å². The van der Waals surface area contributed by atoms with E-state index in [0.717, 1.165) is 22.2 Å². The highest BCUT2D eigenvalue weighted by atomic mass is 16.1. The van der Waals surface area contributed by atoms with E-state index in [1.54, 1.807) is 17.0 Å². The van der Waals surface area contributed by atoms with Crippen LogP contribution in [0.2, 0.25) is 0 Å². The molecule has 0 aliphatic carbocycles. The molecule has 5 nitrogen and oxygen atoms in total. The predicted octanol–water partition coefficient (Wildman–Crippen LogP) is 3.19. The molecule has 5 heteroatoms. The van der Waals surface area contributed by atoms with Gasteiger partial charge in [-0.1, -0.05) is 30.3 Å². The largest absolute Gasteiger partial charge is 0.284 e. The summed E-state index contributed by atoms with van der Waals surface area (Å²) in [5, 5.41) is 0.567. The van der Waals surface area contributed by atoms with Crippen LogP contribution in [-0.4, -0.2) is 18.9 Å². The van der Waals surface area contributed by atoms with Crippen molar-refractivity contribution in [2.24, 2.45) is 0 Å². The minimum absolute atomic E-state index is 0.0918. The maximum absolute atomic E-state index is 12.9. The quantitative estimate of drug-likeness (QED) is 0.478. The number of para-hydroxylation sites is 3. The molecule has 0 unspecified atom stereocenters. The van der Waals surface area contributed by atoms with Gasteiger partial charge < -0.3 is 0 Å². The lowest BCUT2D eigenvalue weighted by atomic mass is 10.2. The summed E-state index contributed by atoms with van der Waals surface area (Å²) in [6.45, 7) is 0. The highest BCUT2D eigenvalue weighted by Gasteiger charge is 2.12. The second-order valence-electron chi connectivity index (χ2n) is 5.62. The Hall–Kier alpha value is -3.47. The van der Waals surface area contributed by atoms with Crippen molar-refractivity contribution in [2.45, 2.75) is 0 Å². The summed E-state index contributed by atoms with van der Waals surface area (Å²) in [7, 11) is 0. The number of benzene rings is 2. The summed E-state index contributed by atoms with van der Waals surface area (Å²) in [6.07, 6.45) is 3.41. The van der Waals surface area contributed by atoms with Crippen LogP contribution in [0.15, 0.2) is 77.9 Å². The SMILES string of the molecule is O=c1c2cnc3nc4ccccc4n3c2ccn1-c1ccccc1. The Labute approximate surface area is 136 Å². The summed E-state index contributed by atoms with van der Waals surface area (Å²) in [5.74, 6) is 0.598. The zero-order chi connectivity index (χ0) is 16.1. The van der Waals surface area contributed by atoms with Crippen molar-refractivity contribution >= 4 is 27.7 Å². The third kappa shape index (κ3) is 1.72. The van der Waals surface area contributed by atoms with E-state index in [1.807, 2.05) is 65.1 Å². The normalized spacial score (nSPS) is 11.5. The third-order valence-electron chi connectivity index (χ3n) is 4.23. The molecule has 3 heterocycles. The lowest BCUT2D eigenvalue weighted by Gasteiger charge is -2.08. The Kier molecular flexibility index (Phi) is 2.58. The van der Waals surface area contributed by atoms with E-state index in [1.165, 1.54) is 0 Å². The summed E-state index contributed by atoms with van der Waals surface area (Å²) in [5.41, 5.74) is 3.36. The van der Waals surface area contributed by atoms with Crippen LogP contribution in [0.4, 0.5) is 0 Å². The summed E-state index contributed by atoms with van der Waals surface area (Å²) < 4.78 is 3.57. The summed E-state index contributed by atoms with van der Waals surface area (Å²) in [6, 6.07) is 19.3. The number of nitrogens with zero attached hydrogens (tertiary/aromatic N) is 4. The number of pyridine rings is 1. The third-order valence-corrected chi connectivity index (χ3v) is 4.23. The topological polar surface area (TPSA) is 52.2 Å². The molecule has 0 saturated carbocycles. The Morgan fingerprint density at radius 3 is 2.50 bits per heavy atom. The van der Waals surface area contributed by atoms with Crippen LogP contribution in [0, 0.1) is 0 Å². The van der Waals surface area contributed by atoms with Crippen molar-refractivity contribution in [1.29, 1.82) is 0 Å². The van der Waals surface area contributed by atoms with E-state index in [0.29, 0.717) is 11.2 Å². The smallest absolute Gasteiger partial charge is 0.266 e. The lowest BCUT2D eigenvalue weighted by molar-refractivity contribution is 1.00. The van der Waals surface area contributed by atoms with Crippen molar-refractivity contribution in [2.75, 3.05) is 0 Å². The molecule has 0 aliphatic rings. The van der Waals surface area contributed by atoms with Gasteiger partial charge in [0, 0.05) is 18.1 Å². The molecular weight excluding hydrogens is 300 g/mol. The monoisotopic (exact) mass is 312 g/mol. The lowest BCUT2D eigenvalue weighted by Crippen LogP contribution is -2.18. The fourth-order valence-electron chi connectivity index (χ4n) is 3.11. The fourth-order valence-corrected chi connectivity index (χ4v) is 3.11. The van der Waals surface area contributed by atoms with Gasteiger partial charge in [0.15, 0.2) is 0 Å². The van der Waals surface area contributed by atoms with Gasteiger partial charge in [0.25, 0.3) is 5.56 Å². The molecule has 24 heavy (non-hydrogen) atoms. The van der Waals surface area contributed by atoms with Crippen LogP contribution < -0.4 is 5.56 Å². The second-order valence-corrected chi connectivity index (χ2v) is 5.62. The molecule has 0 fully saturated rings. The highest BCUT2D eigenvalue weighted by Crippen LogP contribution is 2.20. The van der Waals surface area contributed by atoms with E-state index < -0.39 is 0 Å². The molecule has 5 rings (SSSR count). The average molecular weight is 312 g/mol. The van der Waals surface area contributed by atoms with Gasteiger partial charge >= 0.3 is 0 Å². The Morgan fingerprint density at radius 1 is 0.833 bits per heavy atom.